The zero-order chi connectivity index (χ0) is 14.5. The van der Waals surface area contributed by atoms with Gasteiger partial charge in [-0.15, -0.1) is 0 Å². The first-order chi connectivity index (χ1) is 9.61. The molecule has 6 heteroatoms. The van der Waals surface area contributed by atoms with Crippen molar-refractivity contribution in [1.29, 1.82) is 5.26 Å². The number of benzene rings is 1. The molecule has 0 radical (unpaired) electrons. The molecule has 2 aromatic rings. The van der Waals surface area contributed by atoms with E-state index in [9.17, 15) is 0 Å². The normalized spacial score (nSPS) is 9.90. The summed E-state index contributed by atoms with van der Waals surface area (Å²) in [7, 11) is 1.95. The zero-order valence-corrected chi connectivity index (χ0v) is 12.8. The van der Waals surface area contributed by atoms with E-state index >= 15 is 0 Å². The number of hydrogen-bond acceptors (Lipinski definition) is 5. The van der Waals surface area contributed by atoms with Crippen LogP contribution in [0.5, 0.6) is 0 Å². The molecule has 1 heterocycles. The predicted molar refractivity (Wildman–Crippen MR) is 83.1 cm³/mol. The molecule has 0 unspecified atom stereocenters. The predicted octanol–water partition coefficient (Wildman–Crippen LogP) is 3.25. The molecule has 20 heavy (non-hydrogen) atoms. The molecule has 0 atom stereocenters. The molecule has 0 saturated carbocycles. The molecule has 2 rings (SSSR count). The minimum atomic E-state index is 0.218. The summed E-state index contributed by atoms with van der Waals surface area (Å²) in [6.07, 6.45) is 1.48. The fourth-order valence-corrected chi connectivity index (χ4v) is 2.17. The van der Waals surface area contributed by atoms with Crippen molar-refractivity contribution in [3.63, 3.8) is 0 Å². The number of nitriles is 1. The maximum absolute atomic E-state index is 8.58. The highest BCUT2D eigenvalue weighted by atomic mass is 79.9. The molecule has 0 aliphatic rings. The summed E-state index contributed by atoms with van der Waals surface area (Å²) in [5, 5.41) is 11.5. The summed E-state index contributed by atoms with van der Waals surface area (Å²) in [6, 6.07) is 9.93. The van der Waals surface area contributed by atoms with Crippen molar-refractivity contribution < 1.29 is 0 Å². The standard InChI is InChI=1S/C14H14BrN5/c1-10-3-4-11(15)7-12(10)20(2)14-8-13(17-6-5-16)18-9-19-14/h3-4,7-9H,6H2,1-2H3,(H,17,18,19). The van der Waals surface area contributed by atoms with Gasteiger partial charge in [0.2, 0.25) is 0 Å². The molecule has 0 fully saturated rings. The third kappa shape index (κ3) is 3.25. The number of halogens is 1. The first kappa shape index (κ1) is 14.3. The average Bonchev–Trinajstić information content (AvgIpc) is 2.47. The van der Waals surface area contributed by atoms with E-state index in [1.54, 1.807) is 0 Å². The topological polar surface area (TPSA) is 64.8 Å². The van der Waals surface area contributed by atoms with Gasteiger partial charge in [-0.25, -0.2) is 9.97 Å². The van der Waals surface area contributed by atoms with Crippen LogP contribution in [0.2, 0.25) is 0 Å². The van der Waals surface area contributed by atoms with Gasteiger partial charge in [0.1, 0.15) is 24.5 Å². The number of nitrogens with zero attached hydrogens (tertiary/aromatic N) is 4. The Kier molecular flexibility index (Phi) is 4.53. The Balaban J connectivity index is 2.31. The van der Waals surface area contributed by atoms with Gasteiger partial charge in [-0.05, 0) is 24.6 Å². The molecule has 5 nitrogen and oxygen atoms in total. The fraction of sp³-hybridized carbons (Fsp3) is 0.214. The molecule has 0 saturated heterocycles. The van der Waals surface area contributed by atoms with Gasteiger partial charge in [0.15, 0.2) is 0 Å². The molecule has 1 N–H and O–H groups in total. The Bertz CT molecular complexity index is 650. The zero-order valence-electron chi connectivity index (χ0n) is 11.3. The van der Waals surface area contributed by atoms with Crippen molar-refractivity contribution in [2.24, 2.45) is 0 Å². The second kappa shape index (κ2) is 6.35. The highest BCUT2D eigenvalue weighted by Crippen LogP contribution is 2.28. The van der Waals surface area contributed by atoms with Crippen LogP contribution in [0.1, 0.15) is 5.56 Å². The lowest BCUT2D eigenvalue weighted by molar-refractivity contribution is 1.06. The second-order valence-corrected chi connectivity index (χ2v) is 5.18. The lowest BCUT2D eigenvalue weighted by atomic mass is 10.2. The Morgan fingerprint density at radius 2 is 2.15 bits per heavy atom. The lowest BCUT2D eigenvalue weighted by Crippen LogP contribution is -2.13. The Morgan fingerprint density at radius 1 is 1.35 bits per heavy atom. The molecule has 0 spiro atoms. The number of anilines is 3. The van der Waals surface area contributed by atoms with Crippen LogP contribution < -0.4 is 10.2 Å². The molecule has 1 aromatic heterocycles. The van der Waals surface area contributed by atoms with Crippen molar-refractivity contribution in [2.75, 3.05) is 23.8 Å². The van der Waals surface area contributed by atoms with Crippen LogP contribution in [-0.4, -0.2) is 23.6 Å². The number of aryl methyl sites for hydroxylation is 1. The molecule has 0 bridgehead atoms. The largest absolute Gasteiger partial charge is 0.357 e. The molecule has 0 aliphatic carbocycles. The van der Waals surface area contributed by atoms with E-state index in [-0.39, 0.29) is 6.54 Å². The van der Waals surface area contributed by atoms with E-state index in [0.717, 1.165) is 21.5 Å². The summed E-state index contributed by atoms with van der Waals surface area (Å²) >= 11 is 3.48. The maximum atomic E-state index is 8.58. The molecule has 102 valence electrons. The first-order valence-corrected chi connectivity index (χ1v) is 6.84. The van der Waals surface area contributed by atoms with Crippen LogP contribution in [-0.2, 0) is 0 Å². The Hall–Kier alpha value is -2.13. The van der Waals surface area contributed by atoms with Crippen molar-refractivity contribution in [3.8, 4) is 6.07 Å². The molecule has 0 aliphatic heterocycles. The van der Waals surface area contributed by atoms with Gasteiger partial charge in [-0.2, -0.15) is 5.26 Å². The van der Waals surface area contributed by atoms with E-state index in [1.807, 2.05) is 49.2 Å². The quantitative estimate of drug-likeness (QED) is 0.871. The van der Waals surface area contributed by atoms with Crippen LogP contribution in [0.15, 0.2) is 35.1 Å². The molecule has 1 aromatic carbocycles. The van der Waals surface area contributed by atoms with Crippen molar-refractivity contribution in [3.05, 3.63) is 40.6 Å². The van der Waals surface area contributed by atoms with Gasteiger partial charge in [0.05, 0.1) is 6.07 Å². The minimum Gasteiger partial charge on any atom is -0.357 e. The molecule has 0 amide bonds. The van der Waals surface area contributed by atoms with E-state index in [1.165, 1.54) is 6.33 Å². The monoisotopic (exact) mass is 331 g/mol. The van der Waals surface area contributed by atoms with Gasteiger partial charge < -0.3 is 10.2 Å². The average molecular weight is 332 g/mol. The van der Waals surface area contributed by atoms with Crippen molar-refractivity contribution >= 4 is 33.3 Å². The molecular weight excluding hydrogens is 318 g/mol. The van der Waals surface area contributed by atoms with Crippen LogP contribution >= 0.6 is 15.9 Å². The third-order valence-electron chi connectivity index (χ3n) is 2.88. The van der Waals surface area contributed by atoms with E-state index < -0.39 is 0 Å². The van der Waals surface area contributed by atoms with Gasteiger partial charge in [0.25, 0.3) is 0 Å². The van der Waals surface area contributed by atoms with Crippen LogP contribution in [0, 0.1) is 18.3 Å². The maximum Gasteiger partial charge on any atom is 0.138 e. The van der Waals surface area contributed by atoms with Crippen molar-refractivity contribution in [1.82, 2.24) is 9.97 Å². The van der Waals surface area contributed by atoms with Gasteiger partial charge in [-0.3, -0.25) is 0 Å². The number of hydrogen-bond donors (Lipinski definition) is 1. The van der Waals surface area contributed by atoms with Gasteiger partial charge in [-0.1, -0.05) is 22.0 Å². The highest BCUT2D eigenvalue weighted by Gasteiger charge is 2.09. The summed E-state index contributed by atoms with van der Waals surface area (Å²) in [5.41, 5.74) is 2.21. The van der Waals surface area contributed by atoms with Gasteiger partial charge in [0, 0.05) is 23.3 Å². The smallest absolute Gasteiger partial charge is 0.138 e. The van der Waals surface area contributed by atoms with E-state index in [2.05, 4.69) is 31.2 Å². The highest BCUT2D eigenvalue weighted by molar-refractivity contribution is 9.10. The van der Waals surface area contributed by atoms with Gasteiger partial charge >= 0.3 is 0 Å². The van der Waals surface area contributed by atoms with E-state index in [0.29, 0.717) is 5.82 Å². The number of rotatable bonds is 4. The Morgan fingerprint density at radius 3 is 2.90 bits per heavy atom. The lowest BCUT2D eigenvalue weighted by Gasteiger charge is -2.21. The van der Waals surface area contributed by atoms with Crippen molar-refractivity contribution in [2.45, 2.75) is 6.92 Å². The summed E-state index contributed by atoms with van der Waals surface area (Å²) in [4.78, 5) is 10.3. The van der Waals surface area contributed by atoms with Crippen LogP contribution in [0.3, 0.4) is 0 Å². The fourth-order valence-electron chi connectivity index (χ4n) is 1.82. The van der Waals surface area contributed by atoms with Crippen LogP contribution in [0.25, 0.3) is 0 Å². The SMILES string of the molecule is Cc1ccc(Br)cc1N(C)c1cc(NCC#N)ncn1. The Labute approximate surface area is 126 Å². The minimum absolute atomic E-state index is 0.218. The number of nitrogens with one attached hydrogen (secondary N) is 1. The summed E-state index contributed by atoms with van der Waals surface area (Å²) < 4.78 is 1.02. The second-order valence-electron chi connectivity index (χ2n) is 4.26. The summed E-state index contributed by atoms with van der Waals surface area (Å²) in [5.74, 6) is 1.40. The third-order valence-corrected chi connectivity index (χ3v) is 3.37. The number of aromatic nitrogens is 2. The summed E-state index contributed by atoms with van der Waals surface area (Å²) in [6.45, 7) is 2.27. The molecular formula is C14H14BrN5. The van der Waals surface area contributed by atoms with Crippen LogP contribution in [0.4, 0.5) is 17.3 Å². The van der Waals surface area contributed by atoms with E-state index in [4.69, 9.17) is 5.26 Å². The first-order valence-electron chi connectivity index (χ1n) is 6.04.